The molecule has 0 aromatic rings. The second-order valence-corrected chi connectivity index (χ2v) is 0.115. The first kappa shape index (κ1) is 8.85. The van der Waals surface area contributed by atoms with Crippen LogP contribution >= 0.6 is 0 Å². The van der Waals surface area contributed by atoms with Crippen molar-refractivity contribution in [2.24, 2.45) is 0 Å². The fraction of sp³-hybridized carbons (Fsp3) is 0. The summed E-state index contributed by atoms with van der Waals surface area (Å²) in [6.07, 6.45) is 0. The average Bonchev–Trinajstić information content (AvgIpc) is 0.918. The smallest absolute Gasteiger partial charge is 0.429 e. The average molecular weight is 136 g/mol. The molecule has 0 spiro atoms. The van der Waals surface area contributed by atoms with Crippen molar-refractivity contribution in [2.45, 2.75) is 0 Å². The standard InChI is InChI=1S/BH2O2.Zr/c2-1-3;/h2-3H;. The van der Waals surface area contributed by atoms with Crippen molar-refractivity contribution in [2.75, 3.05) is 0 Å². The molecule has 4 heteroatoms. The van der Waals surface area contributed by atoms with Crippen LogP contribution in [0.1, 0.15) is 0 Å². The van der Waals surface area contributed by atoms with E-state index in [0.717, 1.165) is 0 Å². The predicted molar refractivity (Wildman–Crippen MR) is 10.2 cm³/mol. The Bertz CT molecular complexity index is 6.00. The quantitative estimate of drug-likeness (QED) is 0.398. The van der Waals surface area contributed by atoms with E-state index in [1.807, 2.05) is 0 Å². The molecule has 0 bridgehead atoms. The summed E-state index contributed by atoms with van der Waals surface area (Å²) < 4.78 is 0. The van der Waals surface area contributed by atoms with Gasteiger partial charge in [-0.3, -0.25) is 0 Å². The molecule has 4 heavy (non-hydrogen) atoms. The Hall–Kier alpha value is 0.868. The van der Waals surface area contributed by atoms with Gasteiger partial charge in [0.15, 0.2) is 0 Å². The molecule has 0 saturated heterocycles. The summed E-state index contributed by atoms with van der Waals surface area (Å²) >= 11 is 0. The third kappa shape index (κ3) is 13.3. The zero-order chi connectivity index (χ0) is 2.71. The van der Waals surface area contributed by atoms with E-state index in [-0.39, 0.29) is 33.9 Å². The van der Waals surface area contributed by atoms with Crippen LogP contribution in [0.3, 0.4) is 0 Å². The van der Waals surface area contributed by atoms with E-state index in [9.17, 15) is 0 Å². The summed E-state index contributed by atoms with van der Waals surface area (Å²) in [7, 11) is 0. The molecule has 1 radical (unpaired) electrons. The van der Waals surface area contributed by atoms with Crippen molar-refractivity contribution in [3.05, 3.63) is 0 Å². The molecule has 0 aliphatic heterocycles. The summed E-state index contributed by atoms with van der Waals surface area (Å²) in [6, 6.07) is 0. The number of hydrogen-bond donors (Lipinski definition) is 2. The zero-order valence-electron chi connectivity index (χ0n) is 1.97. The van der Waals surface area contributed by atoms with Crippen LogP contribution in [0.4, 0.5) is 0 Å². The molecule has 0 atom stereocenters. The van der Waals surface area contributed by atoms with Crippen LogP contribution < -0.4 is 0 Å². The van der Waals surface area contributed by atoms with Crippen LogP contribution in [0.2, 0.25) is 0 Å². The minimum absolute atomic E-state index is 0. The van der Waals surface area contributed by atoms with Crippen molar-refractivity contribution < 1.29 is 36.3 Å². The molecule has 21 valence electrons. The first-order valence-electron chi connectivity index (χ1n) is 0.516. The van der Waals surface area contributed by atoms with E-state index in [2.05, 4.69) is 0 Å². The minimum Gasteiger partial charge on any atom is -0.429 e. The molecule has 0 aromatic heterocycles. The van der Waals surface area contributed by atoms with Crippen LogP contribution in [0.5, 0.6) is 0 Å². The molecule has 0 saturated carbocycles. The Morgan fingerprint density at radius 3 is 1.25 bits per heavy atom. The third-order valence-corrected chi connectivity index (χ3v) is 0. The van der Waals surface area contributed by atoms with Gasteiger partial charge in [-0.2, -0.15) is 0 Å². The Kier molecular flexibility index (Phi) is 20.2. The van der Waals surface area contributed by atoms with Gasteiger partial charge in [-0.05, 0) is 0 Å². The maximum atomic E-state index is 7.00. The van der Waals surface area contributed by atoms with Crippen molar-refractivity contribution in [3.8, 4) is 0 Å². The molecular weight excluding hydrogens is 134 g/mol. The topological polar surface area (TPSA) is 40.5 Å². The summed E-state index contributed by atoms with van der Waals surface area (Å²) in [5, 5.41) is 14.0. The SMILES string of the molecule is O[B]O.[Zr]. The van der Waals surface area contributed by atoms with Gasteiger partial charge >= 0.3 is 7.69 Å². The first-order chi connectivity index (χ1) is 1.41. The summed E-state index contributed by atoms with van der Waals surface area (Å²) in [5.74, 6) is 0. The van der Waals surface area contributed by atoms with Gasteiger partial charge in [0.25, 0.3) is 0 Å². The number of rotatable bonds is 0. The molecule has 0 amide bonds. The molecule has 2 N–H and O–H groups in total. The van der Waals surface area contributed by atoms with Gasteiger partial charge in [0, 0.05) is 26.2 Å². The molecule has 0 aromatic carbocycles. The molecular formula is H2BO2Zr. The second-order valence-electron chi connectivity index (χ2n) is 0.115. The van der Waals surface area contributed by atoms with Crippen molar-refractivity contribution >= 4 is 7.69 Å². The second kappa shape index (κ2) is 9.12. The van der Waals surface area contributed by atoms with E-state index in [4.69, 9.17) is 10.0 Å². The molecule has 0 unspecified atom stereocenters. The molecule has 0 heterocycles. The van der Waals surface area contributed by atoms with Gasteiger partial charge < -0.3 is 10.0 Å². The predicted octanol–water partition coefficient (Wildman–Crippen LogP) is -1.50. The third-order valence-electron chi connectivity index (χ3n) is 0. The van der Waals surface area contributed by atoms with Gasteiger partial charge in [-0.25, -0.2) is 0 Å². The minimum atomic E-state index is 0. The van der Waals surface area contributed by atoms with Crippen molar-refractivity contribution in [1.82, 2.24) is 0 Å². The van der Waals surface area contributed by atoms with Gasteiger partial charge in [-0.1, -0.05) is 0 Å². The molecule has 0 aliphatic rings. The van der Waals surface area contributed by atoms with E-state index in [1.165, 1.54) is 0 Å². The van der Waals surface area contributed by atoms with E-state index in [0.29, 0.717) is 0 Å². The summed E-state index contributed by atoms with van der Waals surface area (Å²) in [6.45, 7) is 0. The van der Waals surface area contributed by atoms with E-state index < -0.39 is 0 Å². The first-order valence-corrected chi connectivity index (χ1v) is 0.516. The normalized spacial score (nSPS) is 3.50. The zero-order valence-corrected chi connectivity index (χ0v) is 4.43. The molecule has 0 aliphatic carbocycles. The van der Waals surface area contributed by atoms with E-state index >= 15 is 0 Å². The van der Waals surface area contributed by atoms with Crippen LogP contribution in [0.15, 0.2) is 0 Å². The Morgan fingerprint density at radius 2 is 1.25 bits per heavy atom. The Balaban J connectivity index is 0. The maximum Gasteiger partial charge on any atom is 0.482 e. The Labute approximate surface area is 44.3 Å². The molecule has 0 rings (SSSR count). The largest absolute Gasteiger partial charge is 0.482 e. The van der Waals surface area contributed by atoms with Crippen LogP contribution in [0, 0.1) is 0 Å². The Morgan fingerprint density at radius 1 is 1.25 bits per heavy atom. The van der Waals surface area contributed by atoms with Gasteiger partial charge in [0.05, 0.1) is 0 Å². The maximum absolute atomic E-state index is 7.00. The summed E-state index contributed by atoms with van der Waals surface area (Å²) in [4.78, 5) is 0. The fourth-order valence-electron chi connectivity index (χ4n) is 0. The van der Waals surface area contributed by atoms with Crippen LogP contribution in [-0.2, 0) is 26.2 Å². The van der Waals surface area contributed by atoms with Gasteiger partial charge in [0.2, 0.25) is 0 Å². The molecule has 2 nitrogen and oxygen atoms in total. The van der Waals surface area contributed by atoms with Crippen LogP contribution in [0.25, 0.3) is 0 Å². The summed E-state index contributed by atoms with van der Waals surface area (Å²) in [5.41, 5.74) is 0. The molecule has 0 fully saturated rings. The van der Waals surface area contributed by atoms with Gasteiger partial charge in [0.1, 0.15) is 0 Å². The fourth-order valence-corrected chi connectivity index (χ4v) is 0. The van der Waals surface area contributed by atoms with E-state index in [1.54, 1.807) is 0 Å². The van der Waals surface area contributed by atoms with Crippen molar-refractivity contribution in [3.63, 3.8) is 0 Å². The van der Waals surface area contributed by atoms with Gasteiger partial charge in [-0.15, -0.1) is 0 Å². The number of hydrogen-bond acceptors (Lipinski definition) is 2. The monoisotopic (exact) mass is 135 g/mol. The van der Waals surface area contributed by atoms with Crippen molar-refractivity contribution in [1.29, 1.82) is 0 Å². The van der Waals surface area contributed by atoms with Crippen LogP contribution in [-0.4, -0.2) is 17.7 Å².